The van der Waals surface area contributed by atoms with Crippen LogP contribution in [0.15, 0.2) is 36.7 Å². The van der Waals surface area contributed by atoms with Gasteiger partial charge in [0, 0.05) is 36.9 Å². The van der Waals surface area contributed by atoms with Gasteiger partial charge in [-0.2, -0.15) is 0 Å². The largest absolute Gasteiger partial charge is 0.478 e. The van der Waals surface area contributed by atoms with Crippen molar-refractivity contribution in [3.63, 3.8) is 0 Å². The summed E-state index contributed by atoms with van der Waals surface area (Å²) >= 11 is 0. The summed E-state index contributed by atoms with van der Waals surface area (Å²) in [6.45, 7) is 5.32. The van der Waals surface area contributed by atoms with Crippen LogP contribution in [0.1, 0.15) is 28.4 Å². The first-order valence-electron chi connectivity index (χ1n) is 6.80. The molecular formula is C16H19N3O2. The Bertz CT molecular complexity index is 641. The molecule has 2 rings (SSSR count). The predicted molar refractivity (Wildman–Crippen MR) is 83.5 cm³/mol. The lowest BCUT2D eigenvalue weighted by Crippen LogP contribution is -2.22. The number of carboxylic acids is 1. The standard InChI is InChI=1S/C16H19N3O2/c1-3-19(10-12-4-6-18-7-5-12)13-8-11(2)15(17)14(9-13)16(20)21/h4-9H,3,10,17H2,1-2H3,(H,20,21). The first kappa shape index (κ1) is 14.8. The molecular weight excluding hydrogens is 266 g/mol. The first-order chi connectivity index (χ1) is 10.0. The fraction of sp³-hybridized carbons (Fsp3) is 0.250. The van der Waals surface area contributed by atoms with E-state index in [1.54, 1.807) is 18.5 Å². The SMILES string of the molecule is CCN(Cc1ccncc1)c1cc(C)c(N)c(C(=O)O)c1. The number of hydrogen-bond acceptors (Lipinski definition) is 4. The van der Waals surface area contributed by atoms with E-state index in [2.05, 4.69) is 9.88 Å². The van der Waals surface area contributed by atoms with E-state index in [0.29, 0.717) is 12.2 Å². The monoisotopic (exact) mass is 285 g/mol. The van der Waals surface area contributed by atoms with Crippen LogP contribution in [0.25, 0.3) is 0 Å². The molecule has 0 saturated carbocycles. The molecule has 5 heteroatoms. The number of nitrogens with two attached hydrogens (primary N) is 1. The van der Waals surface area contributed by atoms with Crippen LogP contribution in [-0.4, -0.2) is 22.6 Å². The zero-order valence-electron chi connectivity index (χ0n) is 12.2. The molecule has 0 bridgehead atoms. The molecule has 5 nitrogen and oxygen atoms in total. The van der Waals surface area contributed by atoms with Crippen molar-refractivity contribution in [2.45, 2.75) is 20.4 Å². The summed E-state index contributed by atoms with van der Waals surface area (Å²) in [6.07, 6.45) is 3.50. The van der Waals surface area contributed by atoms with Crippen molar-refractivity contribution in [3.8, 4) is 0 Å². The highest BCUT2D eigenvalue weighted by Gasteiger charge is 2.14. The van der Waals surface area contributed by atoms with Crippen LogP contribution in [-0.2, 0) is 6.54 Å². The van der Waals surface area contributed by atoms with E-state index in [4.69, 9.17) is 5.73 Å². The van der Waals surface area contributed by atoms with E-state index < -0.39 is 5.97 Å². The molecule has 0 spiro atoms. The van der Waals surface area contributed by atoms with Crippen molar-refractivity contribution < 1.29 is 9.90 Å². The lowest BCUT2D eigenvalue weighted by atomic mass is 10.1. The average Bonchev–Trinajstić information content (AvgIpc) is 2.48. The molecule has 0 aliphatic heterocycles. The van der Waals surface area contributed by atoms with Crippen molar-refractivity contribution in [2.24, 2.45) is 0 Å². The van der Waals surface area contributed by atoms with E-state index in [-0.39, 0.29) is 5.56 Å². The third kappa shape index (κ3) is 3.31. The van der Waals surface area contributed by atoms with E-state index in [1.165, 1.54) is 0 Å². The number of anilines is 2. The highest BCUT2D eigenvalue weighted by Crippen LogP contribution is 2.26. The number of benzene rings is 1. The highest BCUT2D eigenvalue weighted by molar-refractivity contribution is 5.95. The molecule has 1 aromatic heterocycles. The van der Waals surface area contributed by atoms with Gasteiger partial charge in [-0.1, -0.05) is 0 Å². The van der Waals surface area contributed by atoms with Crippen molar-refractivity contribution in [3.05, 3.63) is 53.3 Å². The van der Waals surface area contributed by atoms with Crippen LogP contribution in [0.3, 0.4) is 0 Å². The van der Waals surface area contributed by atoms with Crippen LogP contribution in [0.2, 0.25) is 0 Å². The van der Waals surface area contributed by atoms with Crippen molar-refractivity contribution >= 4 is 17.3 Å². The molecule has 0 atom stereocenters. The third-order valence-electron chi connectivity index (χ3n) is 3.47. The third-order valence-corrected chi connectivity index (χ3v) is 3.47. The number of pyridine rings is 1. The molecule has 2 aromatic rings. The van der Waals surface area contributed by atoms with Gasteiger partial charge in [-0.15, -0.1) is 0 Å². The molecule has 0 amide bonds. The molecule has 3 N–H and O–H groups in total. The lowest BCUT2D eigenvalue weighted by molar-refractivity contribution is 0.0698. The molecule has 0 fully saturated rings. The van der Waals surface area contributed by atoms with Gasteiger partial charge in [-0.25, -0.2) is 4.79 Å². The fourth-order valence-electron chi connectivity index (χ4n) is 2.23. The molecule has 1 aromatic carbocycles. The van der Waals surface area contributed by atoms with Gasteiger partial charge in [-0.05, 0) is 49.2 Å². The lowest BCUT2D eigenvalue weighted by Gasteiger charge is -2.24. The van der Waals surface area contributed by atoms with E-state index in [9.17, 15) is 9.90 Å². The second kappa shape index (κ2) is 6.26. The second-order valence-corrected chi connectivity index (χ2v) is 4.90. The van der Waals surface area contributed by atoms with Crippen molar-refractivity contribution in [2.75, 3.05) is 17.2 Å². The van der Waals surface area contributed by atoms with E-state index in [1.807, 2.05) is 32.0 Å². The van der Waals surface area contributed by atoms with E-state index in [0.717, 1.165) is 23.4 Å². The molecule has 0 unspecified atom stereocenters. The van der Waals surface area contributed by atoms with Gasteiger partial charge in [-0.3, -0.25) is 4.98 Å². The summed E-state index contributed by atoms with van der Waals surface area (Å²) in [5.41, 5.74) is 9.07. The smallest absolute Gasteiger partial charge is 0.337 e. The summed E-state index contributed by atoms with van der Waals surface area (Å²) in [6, 6.07) is 7.46. The number of hydrogen-bond donors (Lipinski definition) is 2. The summed E-state index contributed by atoms with van der Waals surface area (Å²) in [4.78, 5) is 17.4. The molecule has 21 heavy (non-hydrogen) atoms. The van der Waals surface area contributed by atoms with E-state index >= 15 is 0 Å². The number of carbonyl (C=O) groups is 1. The Morgan fingerprint density at radius 2 is 2.00 bits per heavy atom. The Balaban J connectivity index is 2.36. The summed E-state index contributed by atoms with van der Waals surface area (Å²) in [7, 11) is 0. The zero-order chi connectivity index (χ0) is 15.4. The Hall–Kier alpha value is -2.56. The van der Waals surface area contributed by atoms with Gasteiger partial charge in [0.2, 0.25) is 0 Å². The Morgan fingerprint density at radius 1 is 1.33 bits per heavy atom. The number of aromatic carboxylic acids is 1. The number of rotatable bonds is 5. The maximum atomic E-state index is 11.3. The summed E-state index contributed by atoms with van der Waals surface area (Å²) in [5.74, 6) is -1.00. The minimum absolute atomic E-state index is 0.151. The fourth-order valence-corrected chi connectivity index (χ4v) is 2.23. The van der Waals surface area contributed by atoms with Gasteiger partial charge < -0.3 is 15.7 Å². The number of nitrogens with zero attached hydrogens (tertiary/aromatic N) is 2. The number of aromatic nitrogens is 1. The Morgan fingerprint density at radius 3 is 2.57 bits per heavy atom. The minimum atomic E-state index is -1.00. The molecule has 0 aliphatic rings. The summed E-state index contributed by atoms with van der Waals surface area (Å²) < 4.78 is 0. The van der Waals surface area contributed by atoms with Gasteiger partial charge in [0.15, 0.2) is 0 Å². The Kier molecular flexibility index (Phi) is 4.42. The topological polar surface area (TPSA) is 79.5 Å². The second-order valence-electron chi connectivity index (χ2n) is 4.90. The molecule has 0 aliphatic carbocycles. The van der Waals surface area contributed by atoms with Crippen LogP contribution in [0.5, 0.6) is 0 Å². The van der Waals surface area contributed by atoms with Gasteiger partial charge in [0.25, 0.3) is 0 Å². The zero-order valence-corrected chi connectivity index (χ0v) is 12.2. The maximum absolute atomic E-state index is 11.3. The van der Waals surface area contributed by atoms with Crippen LogP contribution >= 0.6 is 0 Å². The van der Waals surface area contributed by atoms with Crippen molar-refractivity contribution in [1.29, 1.82) is 0 Å². The number of carboxylic acid groups (broad SMARTS) is 1. The average molecular weight is 285 g/mol. The first-order valence-corrected chi connectivity index (χ1v) is 6.80. The van der Waals surface area contributed by atoms with Gasteiger partial charge in [0.1, 0.15) is 0 Å². The predicted octanol–water partition coefficient (Wildman–Crippen LogP) is 2.70. The molecule has 0 saturated heterocycles. The van der Waals surface area contributed by atoms with Crippen LogP contribution in [0.4, 0.5) is 11.4 Å². The maximum Gasteiger partial charge on any atom is 0.337 e. The number of aryl methyl sites for hydroxylation is 1. The Labute approximate surface area is 124 Å². The highest BCUT2D eigenvalue weighted by atomic mass is 16.4. The number of nitrogen functional groups attached to an aromatic ring is 1. The quantitative estimate of drug-likeness (QED) is 0.826. The van der Waals surface area contributed by atoms with Gasteiger partial charge in [0.05, 0.1) is 5.56 Å². The molecule has 1 heterocycles. The van der Waals surface area contributed by atoms with Crippen LogP contribution in [0, 0.1) is 6.92 Å². The summed E-state index contributed by atoms with van der Waals surface area (Å²) in [5, 5.41) is 9.25. The minimum Gasteiger partial charge on any atom is -0.478 e. The molecule has 110 valence electrons. The van der Waals surface area contributed by atoms with Gasteiger partial charge >= 0.3 is 5.97 Å². The molecule has 0 radical (unpaired) electrons. The normalized spacial score (nSPS) is 10.4. The van der Waals surface area contributed by atoms with Crippen LogP contribution < -0.4 is 10.6 Å². The van der Waals surface area contributed by atoms with Crippen molar-refractivity contribution in [1.82, 2.24) is 4.98 Å².